The molecule has 0 amide bonds. The van der Waals surface area contributed by atoms with Gasteiger partial charge in [0.25, 0.3) is 0 Å². The van der Waals surface area contributed by atoms with Crippen molar-refractivity contribution < 1.29 is 37.9 Å². The summed E-state index contributed by atoms with van der Waals surface area (Å²) < 4.78 is 43.2. The number of rotatable bonds is 8. The molecule has 7 aliphatic carbocycles. The van der Waals surface area contributed by atoms with Crippen LogP contribution in [0.3, 0.4) is 0 Å². The van der Waals surface area contributed by atoms with Gasteiger partial charge in [-0.25, -0.2) is 0 Å². The Morgan fingerprint density at radius 3 is 0.515 bits per heavy atom. The molecule has 7 rings (SSSR count). The molecule has 0 aromatic heterocycles. The highest BCUT2D eigenvalue weighted by Gasteiger charge is 2.85. The number of ether oxygens (including phenoxy) is 8. The Morgan fingerprint density at radius 1 is 0.294 bits per heavy atom. The van der Waals surface area contributed by atoms with Gasteiger partial charge < -0.3 is 37.9 Å². The normalized spacial score (nSPS) is 40.7. The van der Waals surface area contributed by atoms with Crippen molar-refractivity contribution in [3.05, 3.63) is 62.5 Å². The molecule has 0 N–H and O–H groups in total. The molecule has 0 heterocycles. The molecule has 7 aliphatic rings. The van der Waals surface area contributed by atoms with Gasteiger partial charge in [-0.05, 0) is 49.4 Å². The predicted octanol–water partition coefficient (Wildman–Crippen LogP) is 16.7. The lowest BCUT2D eigenvalue weighted by atomic mass is 9.85. The van der Waals surface area contributed by atoms with Gasteiger partial charge in [0.2, 0.25) is 23.1 Å². The molecule has 0 aromatic carbocycles. The lowest BCUT2D eigenvalue weighted by Gasteiger charge is -2.41. The summed E-state index contributed by atoms with van der Waals surface area (Å²) in [6, 6.07) is 0. The zero-order valence-corrected chi connectivity index (χ0v) is 52.0. The zero-order chi connectivity index (χ0) is 53.3. The smallest absolute Gasteiger partial charge is 0.246 e. The van der Waals surface area contributed by atoms with Gasteiger partial charge >= 0.3 is 0 Å². The molecule has 0 radical (unpaired) electrons. The first-order chi connectivity index (χ1) is 31.2. The van der Waals surface area contributed by atoms with E-state index in [1.54, 1.807) is 0 Å². The Balaban J connectivity index is 0.000000235. The largest absolute Gasteiger partial charge is 0.350 e. The van der Waals surface area contributed by atoms with Crippen molar-refractivity contribution >= 4 is 186 Å². The van der Waals surface area contributed by atoms with Crippen molar-refractivity contribution in [2.45, 2.75) is 108 Å². The van der Waals surface area contributed by atoms with Gasteiger partial charge in [0.15, 0.2) is 0 Å². The molecular weight excluding hydrogens is 1220 g/mol. The van der Waals surface area contributed by atoms with E-state index in [-0.39, 0.29) is 55.6 Å². The van der Waals surface area contributed by atoms with E-state index < -0.39 is 52.4 Å². The molecule has 0 spiro atoms. The van der Waals surface area contributed by atoms with E-state index in [2.05, 4.69) is 0 Å². The fourth-order valence-corrected chi connectivity index (χ4v) is 18.6. The number of alkyl halides is 6. The van der Waals surface area contributed by atoms with Crippen LogP contribution < -0.4 is 0 Å². The summed E-state index contributed by atoms with van der Waals surface area (Å²) in [5.41, 5.74) is 0. The SMILES string of the molecule is C/C=C\C.COC1(OC)C(Cl)=C(Cl)C(Cl)=C1Cl.COC1(OC)C2(Cl)C(Cl)=C(Cl)C1(Cl)[C@@H](C)[C@@H]2C.COC1(OC)C2(Cl)C(Cl)=C(Cl)C1(Cl)[C@@H](C)[C@H]2C.COC1(OC)C2(Cl)C(Cl)=C(Cl)C1(Cl)[C@H](C)[C@H]2C. The maximum Gasteiger partial charge on any atom is 0.246 e. The zero-order valence-electron chi connectivity index (χ0n) is 39.9. The Morgan fingerprint density at radius 2 is 0.441 bits per heavy atom. The van der Waals surface area contributed by atoms with Crippen LogP contribution in [0.25, 0.3) is 0 Å². The summed E-state index contributed by atoms with van der Waals surface area (Å²) in [5, 5.41) is 2.51. The Kier molecular flexibility index (Phi) is 21.6. The highest BCUT2D eigenvalue weighted by Crippen LogP contribution is 2.76. The van der Waals surface area contributed by atoms with Crippen LogP contribution in [0.15, 0.2) is 62.5 Å². The van der Waals surface area contributed by atoms with Crippen LogP contribution in [0.4, 0.5) is 0 Å². The number of methoxy groups -OCH3 is 8. The van der Waals surface area contributed by atoms with E-state index in [9.17, 15) is 0 Å². The summed E-state index contributed by atoms with van der Waals surface area (Å²) in [4.78, 5) is -6.27. The lowest BCUT2D eigenvalue weighted by molar-refractivity contribution is -0.220. The van der Waals surface area contributed by atoms with Crippen LogP contribution in [0.1, 0.15) is 55.4 Å². The second-order valence-electron chi connectivity index (χ2n) is 16.9. The first-order valence-corrected chi connectivity index (χ1v) is 26.7. The molecular formula is C44H56Cl16O8. The van der Waals surface area contributed by atoms with E-state index >= 15 is 0 Å². The van der Waals surface area contributed by atoms with Gasteiger partial charge in [-0.3, -0.25) is 0 Å². The van der Waals surface area contributed by atoms with Crippen LogP contribution in [0, 0.1) is 35.5 Å². The van der Waals surface area contributed by atoms with Crippen molar-refractivity contribution in [3.63, 3.8) is 0 Å². The summed E-state index contributed by atoms with van der Waals surface area (Å²) in [6.45, 7) is 15.8. The maximum absolute atomic E-state index is 6.69. The van der Waals surface area contributed by atoms with Crippen molar-refractivity contribution in [2.24, 2.45) is 35.5 Å². The number of fused-ring (bicyclic) bond motifs is 6. The van der Waals surface area contributed by atoms with Crippen LogP contribution in [-0.2, 0) is 37.9 Å². The van der Waals surface area contributed by atoms with Crippen molar-refractivity contribution in [1.82, 2.24) is 0 Å². The second-order valence-corrected chi connectivity index (χ2v) is 24.3. The number of hydrogen-bond donors (Lipinski definition) is 0. The summed E-state index contributed by atoms with van der Waals surface area (Å²) in [5.74, 6) is -5.16. The van der Waals surface area contributed by atoms with Crippen molar-refractivity contribution in [2.75, 3.05) is 56.9 Å². The molecule has 0 saturated heterocycles. The van der Waals surface area contributed by atoms with E-state index in [1.165, 1.54) is 56.9 Å². The topological polar surface area (TPSA) is 73.8 Å². The maximum atomic E-state index is 6.69. The molecule has 68 heavy (non-hydrogen) atoms. The van der Waals surface area contributed by atoms with Crippen molar-refractivity contribution in [1.29, 1.82) is 0 Å². The molecule has 3 fully saturated rings. The molecule has 6 bridgehead atoms. The van der Waals surface area contributed by atoms with E-state index in [0.29, 0.717) is 30.2 Å². The number of allylic oxidation sites excluding steroid dienone is 4. The monoisotopic (exact) mass is 1270 g/mol. The fraction of sp³-hybridized carbons (Fsp3) is 0.727. The quantitative estimate of drug-likeness (QED) is 0.135. The summed E-state index contributed by atoms with van der Waals surface area (Å²) in [7, 11) is 11.8. The third-order valence-corrected chi connectivity index (χ3v) is 25.6. The molecule has 24 heteroatoms. The predicted molar refractivity (Wildman–Crippen MR) is 288 cm³/mol. The van der Waals surface area contributed by atoms with Gasteiger partial charge in [-0.15, -0.1) is 69.6 Å². The standard InChI is InChI=1S/3C11H14Cl4O2.C7H6Cl4O2.C4H8/c3*1-5-6(2)10(15)8(13)7(12)9(5,14)11(10,16-3)17-4;1-12-7(13-2)5(10)3(8)4(9)6(7)11;1-3-4-2/h3*5-6H,1-4H3;1-2H3;3-4H,1-2H3/b;;;;4-3-/t5-,6+,9?,10?;2*5-,6-,9?,10?;;/m.10../s1. The van der Waals surface area contributed by atoms with Gasteiger partial charge in [0.1, 0.15) is 39.3 Å². The van der Waals surface area contributed by atoms with Gasteiger partial charge in [-0.2, -0.15) is 0 Å². The van der Waals surface area contributed by atoms with Crippen LogP contribution in [0.2, 0.25) is 0 Å². The number of halogens is 16. The molecule has 392 valence electrons. The minimum atomic E-state index is -1.34. The molecule has 0 aliphatic heterocycles. The molecule has 8 nitrogen and oxygen atoms in total. The second kappa shape index (κ2) is 22.6. The molecule has 3 saturated carbocycles. The molecule has 12 atom stereocenters. The minimum Gasteiger partial charge on any atom is -0.350 e. The minimum absolute atomic E-state index is 0.0171. The Labute approximate surface area is 481 Å². The highest BCUT2D eigenvalue weighted by atomic mass is 35.5. The average Bonchev–Trinajstić information content (AvgIpc) is 3.86. The summed E-state index contributed by atoms with van der Waals surface area (Å²) in [6.07, 6.45) is 4.00. The average molecular weight is 1280 g/mol. The van der Waals surface area contributed by atoms with E-state index in [0.717, 1.165) is 0 Å². The van der Waals surface area contributed by atoms with E-state index in [4.69, 9.17) is 224 Å². The van der Waals surface area contributed by atoms with Crippen LogP contribution in [-0.4, -0.2) is 109 Å². The van der Waals surface area contributed by atoms with Crippen LogP contribution >= 0.6 is 186 Å². The third kappa shape index (κ3) is 7.76. The van der Waals surface area contributed by atoms with E-state index in [1.807, 2.05) is 67.5 Å². The van der Waals surface area contributed by atoms with Gasteiger partial charge in [0.05, 0.1) is 40.3 Å². The van der Waals surface area contributed by atoms with Crippen molar-refractivity contribution in [3.8, 4) is 0 Å². The molecule has 0 aromatic rings. The summed E-state index contributed by atoms with van der Waals surface area (Å²) >= 11 is 101. The fourth-order valence-electron chi connectivity index (χ4n) is 10.7. The number of hydrogen-bond acceptors (Lipinski definition) is 8. The van der Waals surface area contributed by atoms with Gasteiger partial charge in [-0.1, -0.05) is 170 Å². The Bertz CT molecular complexity index is 1820. The van der Waals surface area contributed by atoms with Crippen LogP contribution in [0.5, 0.6) is 0 Å². The molecule has 6 unspecified atom stereocenters. The highest BCUT2D eigenvalue weighted by molar-refractivity contribution is 6.55. The van der Waals surface area contributed by atoms with Gasteiger partial charge in [0, 0.05) is 56.9 Å². The third-order valence-electron chi connectivity index (χ3n) is 15.2. The lowest BCUT2D eigenvalue weighted by Crippen LogP contribution is -2.57. The first-order valence-electron chi connectivity index (χ1n) is 20.6. The first kappa shape index (κ1) is 65.0. The Hall–Kier alpha value is 2.76.